The Morgan fingerprint density at radius 1 is 1.50 bits per heavy atom. The van der Waals surface area contributed by atoms with Crippen LogP contribution in [0, 0.1) is 6.92 Å². The molecule has 2 rings (SSSR count). The average molecular weight is 182 g/mol. The summed E-state index contributed by atoms with van der Waals surface area (Å²) in [5, 5.41) is 0. The van der Waals surface area contributed by atoms with E-state index in [1.165, 1.54) is 0 Å². The van der Waals surface area contributed by atoms with Gasteiger partial charge in [0.1, 0.15) is 0 Å². The molecule has 12 heavy (non-hydrogen) atoms. The molecular formula is C6H6N4OS. The fraction of sp³-hybridized carbons (Fsp3) is 0.167. The number of aromatic amines is 1. The fourth-order valence-corrected chi connectivity index (χ4v) is 1.73. The van der Waals surface area contributed by atoms with Crippen LogP contribution in [0.15, 0.2) is 4.79 Å². The van der Waals surface area contributed by atoms with Crippen molar-refractivity contribution in [3.05, 3.63) is 15.4 Å². The van der Waals surface area contributed by atoms with E-state index >= 15 is 0 Å². The summed E-state index contributed by atoms with van der Waals surface area (Å²) in [5.74, 6) is 0.189. The summed E-state index contributed by atoms with van der Waals surface area (Å²) in [6.45, 7) is 1.80. The molecule has 6 heteroatoms. The van der Waals surface area contributed by atoms with Crippen LogP contribution in [-0.4, -0.2) is 15.0 Å². The van der Waals surface area contributed by atoms with Gasteiger partial charge in [0.2, 0.25) is 5.95 Å². The maximum Gasteiger partial charge on any atom is 0.306 e. The first-order valence-corrected chi connectivity index (χ1v) is 4.11. The number of anilines is 1. The Balaban J connectivity index is 2.97. The molecule has 0 aliphatic carbocycles. The number of hydrogen-bond acceptors (Lipinski definition) is 5. The van der Waals surface area contributed by atoms with Gasteiger partial charge >= 0.3 is 4.87 Å². The van der Waals surface area contributed by atoms with E-state index in [1.54, 1.807) is 6.92 Å². The van der Waals surface area contributed by atoms with E-state index in [0.29, 0.717) is 5.65 Å². The molecule has 0 amide bonds. The summed E-state index contributed by atoms with van der Waals surface area (Å²) >= 11 is 1.10. The number of aromatic nitrogens is 3. The average Bonchev–Trinajstić information content (AvgIpc) is 2.29. The number of H-pyrrole nitrogens is 1. The summed E-state index contributed by atoms with van der Waals surface area (Å²) in [5.41, 5.74) is 6.65. The molecule has 0 unspecified atom stereocenters. The fourth-order valence-electron chi connectivity index (χ4n) is 1.01. The Kier molecular flexibility index (Phi) is 1.37. The SMILES string of the molecule is Cc1nc(N)nc2[nH]c(=O)sc12. The van der Waals surface area contributed by atoms with Gasteiger partial charge in [-0.3, -0.25) is 9.78 Å². The van der Waals surface area contributed by atoms with E-state index in [1.807, 2.05) is 0 Å². The summed E-state index contributed by atoms with van der Waals surface area (Å²) in [6, 6.07) is 0. The van der Waals surface area contributed by atoms with Gasteiger partial charge in [-0.25, -0.2) is 4.98 Å². The van der Waals surface area contributed by atoms with Crippen LogP contribution < -0.4 is 10.6 Å². The van der Waals surface area contributed by atoms with Gasteiger partial charge in [0.05, 0.1) is 10.4 Å². The van der Waals surface area contributed by atoms with Gasteiger partial charge in [0.15, 0.2) is 5.65 Å². The highest BCUT2D eigenvalue weighted by atomic mass is 32.1. The van der Waals surface area contributed by atoms with E-state index in [0.717, 1.165) is 21.7 Å². The first kappa shape index (κ1) is 7.23. The highest BCUT2D eigenvalue weighted by Gasteiger charge is 2.05. The summed E-state index contributed by atoms with van der Waals surface area (Å²) < 4.78 is 0.772. The van der Waals surface area contributed by atoms with Crippen molar-refractivity contribution in [1.29, 1.82) is 0 Å². The molecule has 0 aliphatic heterocycles. The summed E-state index contributed by atoms with van der Waals surface area (Å²) in [6.07, 6.45) is 0. The van der Waals surface area contributed by atoms with E-state index in [4.69, 9.17) is 5.73 Å². The van der Waals surface area contributed by atoms with Crippen LogP contribution >= 0.6 is 11.3 Å². The van der Waals surface area contributed by atoms with Crippen molar-refractivity contribution in [2.24, 2.45) is 0 Å². The highest BCUT2D eigenvalue weighted by Crippen LogP contribution is 2.15. The van der Waals surface area contributed by atoms with Crippen molar-refractivity contribution in [3.8, 4) is 0 Å². The third-order valence-corrected chi connectivity index (χ3v) is 2.45. The predicted molar refractivity (Wildman–Crippen MR) is 47.2 cm³/mol. The second-order valence-corrected chi connectivity index (χ2v) is 3.34. The first-order valence-electron chi connectivity index (χ1n) is 3.30. The number of thiazole rings is 1. The molecule has 0 saturated heterocycles. The lowest BCUT2D eigenvalue weighted by atomic mass is 10.4. The Bertz CT molecular complexity index is 486. The molecule has 2 aromatic heterocycles. The summed E-state index contributed by atoms with van der Waals surface area (Å²) in [7, 11) is 0. The third-order valence-electron chi connectivity index (χ3n) is 1.47. The second kappa shape index (κ2) is 2.28. The number of nitrogens with one attached hydrogen (secondary N) is 1. The van der Waals surface area contributed by atoms with Gasteiger partial charge < -0.3 is 5.73 Å². The van der Waals surface area contributed by atoms with Crippen molar-refractivity contribution in [2.75, 3.05) is 5.73 Å². The van der Waals surface area contributed by atoms with Crippen LogP contribution in [0.1, 0.15) is 5.69 Å². The molecule has 0 aromatic carbocycles. The molecule has 0 atom stereocenters. The van der Waals surface area contributed by atoms with Crippen LogP contribution in [0.25, 0.3) is 10.3 Å². The molecule has 0 aliphatic rings. The molecule has 0 radical (unpaired) electrons. The number of nitrogens with zero attached hydrogens (tertiary/aromatic N) is 2. The molecule has 0 spiro atoms. The topological polar surface area (TPSA) is 84.7 Å². The van der Waals surface area contributed by atoms with Gasteiger partial charge in [-0.1, -0.05) is 11.3 Å². The molecule has 0 bridgehead atoms. The molecule has 5 nitrogen and oxygen atoms in total. The Labute approximate surface area is 71.3 Å². The van der Waals surface area contributed by atoms with Gasteiger partial charge in [0.25, 0.3) is 0 Å². The standard InChI is InChI=1S/C6H6N4OS/c1-2-3-4(9-5(7)8-2)10-6(11)12-3/h1H3,(H3,7,8,9,10,11). The number of fused-ring (bicyclic) bond motifs is 1. The molecule has 3 N–H and O–H groups in total. The van der Waals surface area contributed by atoms with Crippen LogP contribution in [0.3, 0.4) is 0 Å². The van der Waals surface area contributed by atoms with Gasteiger partial charge in [-0.2, -0.15) is 4.98 Å². The minimum absolute atomic E-state index is 0.131. The Morgan fingerprint density at radius 2 is 2.25 bits per heavy atom. The molecule has 2 aromatic rings. The second-order valence-electron chi connectivity index (χ2n) is 2.36. The molecule has 0 fully saturated rings. The third kappa shape index (κ3) is 0.964. The quantitative estimate of drug-likeness (QED) is 0.612. The number of nitrogens with two attached hydrogens (primary N) is 1. The van der Waals surface area contributed by atoms with Gasteiger partial charge in [-0.05, 0) is 6.92 Å². The smallest absolute Gasteiger partial charge is 0.306 e. The molecular weight excluding hydrogens is 176 g/mol. The minimum atomic E-state index is -0.131. The van der Waals surface area contributed by atoms with E-state index in [9.17, 15) is 4.79 Å². The molecule has 2 heterocycles. The van der Waals surface area contributed by atoms with Crippen molar-refractivity contribution in [1.82, 2.24) is 15.0 Å². The highest BCUT2D eigenvalue weighted by molar-refractivity contribution is 7.16. The van der Waals surface area contributed by atoms with E-state index < -0.39 is 0 Å². The predicted octanol–water partition coefficient (Wildman–Crippen LogP) is 0.270. The number of nitrogen functional groups attached to an aromatic ring is 1. The Hall–Kier alpha value is -1.43. The zero-order valence-electron chi connectivity index (χ0n) is 6.29. The van der Waals surface area contributed by atoms with Crippen LogP contribution in [0.2, 0.25) is 0 Å². The zero-order valence-corrected chi connectivity index (χ0v) is 7.10. The van der Waals surface area contributed by atoms with Crippen LogP contribution in [-0.2, 0) is 0 Å². The lowest BCUT2D eigenvalue weighted by Crippen LogP contribution is -1.97. The minimum Gasteiger partial charge on any atom is -0.368 e. The number of hydrogen-bond donors (Lipinski definition) is 2. The molecule has 62 valence electrons. The Morgan fingerprint density at radius 3 is 3.00 bits per heavy atom. The number of rotatable bonds is 0. The largest absolute Gasteiger partial charge is 0.368 e. The zero-order chi connectivity index (χ0) is 8.72. The van der Waals surface area contributed by atoms with E-state index in [2.05, 4.69) is 15.0 Å². The normalized spacial score (nSPS) is 10.8. The van der Waals surface area contributed by atoms with Gasteiger partial charge in [-0.15, -0.1) is 0 Å². The lowest BCUT2D eigenvalue weighted by Gasteiger charge is -1.94. The number of aryl methyl sites for hydroxylation is 1. The van der Waals surface area contributed by atoms with Crippen molar-refractivity contribution in [2.45, 2.75) is 6.92 Å². The van der Waals surface area contributed by atoms with E-state index in [-0.39, 0.29) is 10.8 Å². The molecule has 0 saturated carbocycles. The van der Waals surface area contributed by atoms with Gasteiger partial charge in [0, 0.05) is 0 Å². The summed E-state index contributed by atoms with van der Waals surface area (Å²) in [4.78, 5) is 21.2. The van der Waals surface area contributed by atoms with Crippen LogP contribution in [0.4, 0.5) is 5.95 Å². The lowest BCUT2D eigenvalue weighted by molar-refractivity contribution is 1.15. The first-order chi connectivity index (χ1) is 5.66. The van der Waals surface area contributed by atoms with Crippen molar-refractivity contribution in [3.63, 3.8) is 0 Å². The van der Waals surface area contributed by atoms with Crippen molar-refractivity contribution < 1.29 is 0 Å². The van der Waals surface area contributed by atoms with Crippen molar-refractivity contribution >= 4 is 27.6 Å². The monoisotopic (exact) mass is 182 g/mol. The maximum absolute atomic E-state index is 10.9. The van der Waals surface area contributed by atoms with Crippen LogP contribution in [0.5, 0.6) is 0 Å². The maximum atomic E-state index is 10.9.